The third-order valence-electron chi connectivity index (χ3n) is 5.24. The fourth-order valence-corrected chi connectivity index (χ4v) is 3.86. The predicted octanol–water partition coefficient (Wildman–Crippen LogP) is 4.85. The molecule has 2 aromatic carbocycles. The molecular weight excluding hydrogens is 721 g/mol. The Morgan fingerprint density at radius 1 is 0.615 bits per heavy atom. The maximum Gasteiger partial charge on any atom is 2.00 e. The summed E-state index contributed by atoms with van der Waals surface area (Å²) in [5.74, 6) is 1.00. The molecule has 6 heteroatoms. The van der Waals surface area contributed by atoms with Gasteiger partial charge in [0.15, 0.2) is 0 Å². The first-order chi connectivity index (χ1) is 15.3. The van der Waals surface area contributed by atoms with Gasteiger partial charge in [0, 0.05) is 11.8 Å². The van der Waals surface area contributed by atoms with Crippen molar-refractivity contribution in [2.45, 2.75) is 24.7 Å². The maximum atomic E-state index is 4.93. The number of rotatable bonds is 1. The average molecular weight is 760 g/mol. The van der Waals surface area contributed by atoms with Gasteiger partial charge in [-0.1, -0.05) is 72.8 Å². The van der Waals surface area contributed by atoms with E-state index in [-0.39, 0.29) is 88.2 Å². The summed E-state index contributed by atoms with van der Waals surface area (Å²) in [5.41, 5.74) is 5.67. The minimum Gasteiger partial charge on any atom is 2.00 e. The van der Waals surface area contributed by atoms with E-state index in [1.54, 1.807) is 0 Å². The third kappa shape index (κ3) is 16.7. The molecule has 4 aliphatic rings. The van der Waals surface area contributed by atoms with Crippen LogP contribution in [0, 0.1) is 49.3 Å². The zero-order valence-corrected chi connectivity index (χ0v) is 31.4. The first-order valence-electron chi connectivity index (χ1n) is 10.3. The van der Waals surface area contributed by atoms with Gasteiger partial charge in [0.1, 0.15) is 0 Å². The standard InChI is InChI=1S/C18H14.2C5H5.5CH3.4ClH.2Zr/c1-3-7-15-13(5-1)9-11-17(15)18-12-10-14-6-2-4-8-16(14)18;2*1-2-4-5-3-1;;;;;;;;;;;/h1-12,17-18H;2*1-3H,4H2;5*1H3;4*1H;;/q;7*-1;;;;;2*+2/p-4. The van der Waals surface area contributed by atoms with Crippen molar-refractivity contribution in [2.24, 2.45) is 0 Å². The molecule has 2 aromatic rings. The van der Waals surface area contributed by atoms with Crippen LogP contribution in [-0.4, -0.2) is 0 Å². The van der Waals surface area contributed by atoms with Crippen LogP contribution >= 0.6 is 17.0 Å². The van der Waals surface area contributed by atoms with Crippen molar-refractivity contribution in [3.05, 3.63) is 169 Å². The van der Waals surface area contributed by atoms with E-state index >= 15 is 0 Å². The van der Waals surface area contributed by atoms with E-state index in [1.807, 2.05) is 24.3 Å². The van der Waals surface area contributed by atoms with Gasteiger partial charge in [-0.15, -0.1) is 12.8 Å². The predicted molar refractivity (Wildman–Crippen MR) is 163 cm³/mol. The summed E-state index contributed by atoms with van der Waals surface area (Å²) in [5, 5.41) is 0. The molecule has 39 heavy (non-hydrogen) atoms. The molecule has 0 amide bonds. The second-order valence-electron chi connectivity index (χ2n) is 7.11. The van der Waals surface area contributed by atoms with Crippen molar-refractivity contribution >= 4 is 29.2 Å². The Bertz CT molecular complexity index is 922. The smallest absolute Gasteiger partial charge is 2.00 e. The number of fused-ring (bicyclic) bond motifs is 2. The van der Waals surface area contributed by atoms with E-state index in [1.165, 1.54) is 22.3 Å². The van der Waals surface area contributed by atoms with E-state index in [0.717, 1.165) is 12.8 Å². The van der Waals surface area contributed by atoms with Crippen LogP contribution in [0.3, 0.4) is 0 Å². The van der Waals surface area contributed by atoms with E-state index in [9.17, 15) is 0 Å². The Morgan fingerprint density at radius 2 is 0.949 bits per heavy atom. The van der Waals surface area contributed by atoms with E-state index in [0.29, 0.717) is 11.8 Å². The Morgan fingerprint density at radius 3 is 1.21 bits per heavy atom. The Hall–Kier alpha value is -0.194. The molecule has 0 aliphatic heterocycles. The Balaban J connectivity index is -0.000000111. The largest absolute Gasteiger partial charge is 2.00 e. The Labute approximate surface area is 291 Å². The van der Waals surface area contributed by atoms with Gasteiger partial charge in [-0.05, 0) is 22.3 Å². The van der Waals surface area contributed by atoms with Crippen molar-refractivity contribution in [2.75, 3.05) is 0 Å². The van der Waals surface area contributed by atoms with Crippen LogP contribution < -0.4 is 24.8 Å². The molecule has 0 saturated carbocycles. The van der Waals surface area contributed by atoms with Gasteiger partial charge in [-0.3, -0.25) is 12.2 Å². The molecule has 0 heterocycles. The van der Waals surface area contributed by atoms with Crippen LogP contribution in [0.25, 0.3) is 12.2 Å². The molecule has 0 saturated heterocycles. The molecule has 0 spiro atoms. The first kappa shape index (κ1) is 51.5. The molecule has 0 bridgehead atoms. The maximum absolute atomic E-state index is 4.93. The zero-order chi connectivity index (χ0) is 21.7. The molecule has 0 nitrogen and oxygen atoms in total. The average Bonchev–Trinajstić information content (AvgIpc) is 3.62. The van der Waals surface area contributed by atoms with Gasteiger partial charge in [0.05, 0.1) is 0 Å². The van der Waals surface area contributed by atoms with Crippen LogP contribution in [0.2, 0.25) is 0 Å². The summed E-state index contributed by atoms with van der Waals surface area (Å²) in [6.07, 6.45) is 29.2. The van der Waals surface area contributed by atoms with E-state index in [4.69, 9.17) is 17.0 Å². The van der Waals surface area contributed by atoms with Gasteiger partial charge in [0.2, 0.25) is 0 Å². The van der Waals surface area contributed by atoms with Crippen LogP contribution in [-0.2, 0) is 47.1 Å². The van der Waals surface area contributed by atoms with Crippen molar-refractivity contribution in [1.82, 2.24) is 0 Å². The normalized spacial score (nSPS) is 15.5. The number of hydrogen-bond donors (Lipinski definition) is 0. The molecule has 2 unspecified atom stereocenters. The number of benzene rings is 2. The SMILES string of the molecule is C1=CC(C2C=Cc3ccccc32)c2ccccc21.[C-]1=CC=CC1.[C-]1=CC=CC1.[CH3-].[CH3-].[CH3-].[CH3-].[CH3-].[Cl-].[Cl-].[Cl][Zr][Cl].[Zr+2]. The molecular formula is C33H39Cl4Zr2-7. The second-order valence-corrected chi connectivity index (χ2v) is 10.8. The van der Waals surface area contributed by atoms with Gasteiger partial charge in [-0.2, -0.15) is 12.2 Å². The fourth-order valence-electron chi connectivity index (χ4n) is 3.86. The van der Waals surface area contributed by atoms with Crippen LogP contribution in [0.1, 0.15) is 46.9 Å². The molecule has 2 atom stereocenters. The van der Waals surface area contributed by atoms with E-state index in [2.05, 4.69) is 97.1 Å². The topological polar surface area (TPSA) is 0 Å². The molecule has 0 aromatic heterocycles. The summed E-state index contributed by atoms with van der Waals surface area (Å²) >= 11 is -0.826. The summed E-state index contributed by atoms with van der Waals surface area (Å²) in [6, 6.07) is 17.4. The third-order valence-corrected chi connectivity index (χ3v) is 5.24. The Kier molecular flexibility index (Phi) is 40.6. The summed E-state index contributed by atoms with van der Waals surface area (Å²) < 4.78 is 0. The van der Waals surface area contributed by atoms with Gasteiger partial charge in [0.25, 0.3) is 0 Å². The van der Waals surface area contributed by atoms with Crippen LogP contribution in [0.5, 0.6) is 0 Å². The zero-order valence-electron chi connectivity index (χ0n) is 23.5. The number of hydrogen-bond acceptors (Lipinski definition) is 0. The minimum absolute atomic E-state index is 0. The van der Waals surface area contributed by atoms with Crippen molar-refractivity contribution in [3.63, 3.8) is 0 Å². The van der Waals surface area contributed by atoms with Crippen molar-refractivity contribution < 1.29 is 71.9 Å². The van der Waals surface area contributed by atoms with Gasteiger partial charge in [-0.25, -0.2) is 24.3 Å². The van der Waals surface area contributed by atoms with Crippen LogP contribution in [0.4, 0.5) is 0 Å². The van der Waals surface area contributed by atoms with Crippen LogP contribution in [0.15, 0.2) is 97.1 Å². The molecule has 0 N–H and O–H groups in total. The quantitative estimate of drug-likeness (QED) is 0.365. The molecule has 214 valence electrons. The number of allylic oxidation sites excluding steroid dienone is 10. The first-order valence-corrected chi connectivity index (χ1v) is 16.6. The van der Waals surface area contributed by atoms with Gasteiger partial charge < -0.3 is 61.9 Å². The summed E-state index contributed by atoms with van der Waals surface area (Å²) in [4.78, 5) is 0. The molecule has 0 radical (unpaired) electrons. The van der Waals surface area contributed by atoms with Crippen molar-refractivity contribution in [1.29, 1.82) is 0 Å². The second kappa shape index (κ2) is 30.8. The van der Waals surface area contributed by atoms with Gasteiger partial charge >= 0.3 is 64.1 Å². The monoisotopic (exact) mass is 755 g/mol. The summed E-state index contributed by atoms with van der Waals surface area (Å²) in [7, 11) is 9.87. The minimum atomic E-state index is -0.826. The summed E-state index contributed by atoms with van der Waals surface area (Å²) in [6.45, 7) is 0. The molecule has 4 aliphatic carbocycles. The number of halogens is 4. The van der Waals surface area contributed by atoms with Crippen molar-refractivity contribution in [3.8, 4) is 0 Å². The fraction of sp³-hybridized carbons (Fsp3) is 0.121. The van der Waals surface area contributed by atoms with E-state index < -0.39 is 20.8 Å². The molecule has 6 rings (SSSR count). The molecule has 0 fully saturated rings.